The second-order valence-corrected chi connectivity index (χ2v) is 5.58. The van der Waals surface area contributed by atoms with E-state index in [1.807, 2.05) is 12.1 Å². The van der Waals surface area contributed by atoms with Gasteiger partial charge in [-0.3, -0.25) is 4.79 Å². The molecule has 0 saturated carbocycles. The summed E-state index contributed by atoms with van der Waals surface area (Å²) in [4.78, 5) is 13.4. The van der Waals surface area contributed by atoms with Gasteiger partial charge in [0.1, 0.15) is 5.69 Å². The van der Waals surface area contributed by atoms with Crippen LogP contribution in [0.4, 0.5) is 5.69 Å². The first kappa shape index (κ1) is 14.6. The fourth-order valence-corrected chi connectivity index (χ4v) is 2.80. The number of nitrogens with two attached hydrogens (primary N) is 1. The number of amides is 1. The smallest absolute Gasteiger partial charge is 0.287 e. The van der Waals surface area contributed by atoms with E-state index in [1.165, 1.54) is 5.69 Å². The summed E-state index contributed by atoms with van der Waals surface area (Å²) < 4.78 is 4.91. The number of piperidine rings is 1. The number of nitrogens with one attached hydrogen (secondary N) is 1. The molecular formula is C16H20N4O2. The summed E-state index contributed by atoms with van der Waals surface area (Å²) in [5.41, 5.74) is 7.86. The van der Waals surface area contributed by atoms with E-state index in [4.69, 9.17) is 10.3 Å². The van der Waals surface area contributed by atoms with Crippen molar-refractivity contribution in [3.63, 3.8) is 0 Å². The standard InChI is InChI=1S/C16H20N4O2/c1-20(13-6-8-18-9-7-13)12-4-2-11(3-5-12)14-10-15(16(17)21)22-19-14/h2-5,10,13,18H,6-9H2,1H3,(H2,17,21). The van der Waals surface area contributed by atoms with E-state index >= 15 is 0 Å². The van der Waals surface area contributed by atoms with Crippen LogP contribution in [0, 0.1) is 0 Å². The molecule has 1 fully saturated rings. The van der Waals surface area contributed by atoms with E-state index < -0.39 is 5.91 Å². The molecule has 6 heteroatoms. The van der Waals surface area contributed by atoms with Crippen molar-refractivity contribution in [1.29, 1.82) is 0 Å². The highest BCUT2D eigenvalue weighted by atomic mass is 16.5. The minimum atomic E-state index is -0.610. The summed E-state index contributed by atoms with van der Waals surface area (Å²) in [7, 11) is 2.13. The highest BCUT2D eigenvalue weighted by Crippen LogP contribution is 2.25. The summed E-state index contributed by atoms with van der Waals surface area (Å²) in [6.45, 7) is 2.14. The minimum Gasteiger partial charge on any atom is -0.372 e. The Kier molecular flexibility index (Phi) is 4.11. The number of carbonyl (C=O) groups excluding carboxylic acids is 1. The van der Waals surface area contributed by atoms with Crippen LogP contribution in [0.3, 0.4) is 0 Å². The van der Waals surface area contributed by atoms with Crippen LogP contribution in [0.25, 0.3) is 11.3 Å². The summed E-state index contributed by atoms with van der Waals surface area (Å²) in [6.07, 6.45) is 2.31. The van der Waals surface area contributed by atoms with Crippen LogP contribution >= 0.6 is 0 Å². The van der Waals surface area contributed by atoms with E-state index in [-0.39, 0.29) is 5.76 Å². The number of hydrogen-bond acceptors (Lipinski definition) is 5. The van der Waals surface area contributed by atoms with Gasteiger partial charge in [0, 0.05) is 30.4 Å². The number of rotatable bonds is 4. The molecule has 0 atom stereocenters. The number of aromatic nitrogens is 1. The van der Waals surface area contributed by atoms with Crippen LogP contribution in [-0.4, -0.2) is 37.2 Å². The van der Waals surface area contributed by atoms with Gasteiger partial charge in [0.15, 0.2) is 0 Å². The summed E-state index contributed by atoms with van der Waals surface area (Å²) in [5, 5.41) is 7.25. The summed E-state index contributed by atoms with van der Waals surface area (Å²) in [6, 6.07) is 10.2. The van der Waals surface area contributed by atoms with Crippen LogP contribution in [0.15, 0.2) is 34.9 Å². The molecule has 0 bridgehead atoms. The van der Waals surface area contributed by atoms with Gasteiger partial charge >= 0.3 is 0 Å². The topological polar surface area (TPSA) is 84.4 Å². The van der Waals surface area contributed by atoms with Gasteiger partial charge in [-0.15, -0.1) is 0 Å². The van der Waals surface area contributed by atoms with Crippen molar-refractivity contribution >= 4 is 11.6 Å². The maximum absolute atomic E-state index is 11.0. The third-order valence-corrected chi connectivity index (χ3v) is 4.18. The van der Waals surface area contributed by atoms with Gasteiger partial charge in [-0.25, -0.2) is 0 Å². The first-order valence-corrected chi connectivity index (χ1v) is 7.45. The molecule has 1 amide bonds. The Labute approximate surface area is 129 Å². The molecule has 0 aliphatic carbocycles. The van der Waals surface area contributed by atoms with Gasteiger partial charge < -0.3 is 20.5 Å². The van der Waals surface area contributed by atoms with Crippen LogP contribution in [0.5, 0.6) is 0 Å². The number of carbonyl (C=O) groups is 1. The van der Waals surface area contributed by atoms with E-state index in [9.17, 15) is 4.79 Å². The van der Waals surface area contributed by atoms with Crippen molar-refractivity contribution in [3.8, 4) is 11.3 Å². The molecular weight excluding hydrogens is 280 g/mol. The number of benzene rings is 1. The fraction of sp³-hybridized carbons (Fsp3) is 0.375. The second-order valence-electron chi connectivity index (χ2n) is 5.58. The van der Waals surface area contributed by atoms with Crippen LogP contribution < -0.4 is 16.0 Å². The first-order valence-electron chi connectivity index (χ1n) is 7.45. The predicted molar refractivity (Wildman–Crippen MR) is 84.8 cm³/mol. The zero-order valence-corrected chi connectivity index (χ0v) is 12.6. The predicted octanol–water partition coefficient (Wildman–Crippen LogP) is 1.63. The molecule has 1 aromatic heterocycles. The summed E-state index contributed by atoms with van der Waals surface area (Å²) in [5.74, 6) is -0.535. The number of anilines is 1. The monoisotopic (exact) mass is 300 g/mol. The van der Waals surface area contributed by atoms with Gasteiger partial charge in [-0.1, -0.05) is 17.3 Å². The Morgan fingerprint density at radius 3 is 2.59 bits per heavy atom. The lowest BCUT2D eigenvalue weighted by Crippen LogP contribution is -2.41. The molecule has 2 aromatic rings. The Hall–Kier alpha value is -2.34. The minimum absolute atomic E-state index is 0.0749. The third-order valence-electron chi connectivity index (χ3n) is 4.18. The maximum atomic E-state index is 11.0. The molecule has 2 heterocycles. The molecule has 3 N–H and O–H groups in total. The second kappa shape index (κ2) is 6.19. The Balaban J connectivity index is 1.75. The molecule has 0 unspecified atom stereocenters. The lowest BCUT2D eigenvalue weighted by molar-refractivity contribution is 0.0965. The zero-order chi connectivity index (χ0) is 15.5. The molecule has 1 aromatic carbocycles. The van der Waals surface area contributed by atoms with E-state index in [0.29, 0.717) is 11.7 Å². The molecule has 22 heavy (non-hydrogen) atoms. The van der Waals surface area contributed by atoms with Crippen LogP contribution in [0.1, 0.15) is 23.4 Å². The Morgan fingerprint density at radius 1 is 1.32 bits per heavy atom. The molecule has 0 spiro atoms. The van der Waals surface area contributed by atoms with E-state index in [0.717, 1.165) is 31.5 Å². The van der Waals surface area contributed by atoms with Gasteiger partial charge in [-0.2, -0.15) is 0 Å². The van der Waals surface area contributed by atoms with Crippen molar-refractivity contribution in [1.82, 2.24) is 10.5 Å². The molecule has 116 valence electrons. The fourth-order valence-electron chi connectivity index (χ4n) is 2.80. The zero-order valence-electron chi connectivity index (χ0n) is 12.6. The summed E-state index contributed by atoms with van der Waals surface area (Å²) >= 11 is 0. The van der Waals surface area contributed by atoms with E-state index in [2.05, 4.69) is 34.6 Å². The average molecular weight is 300 g/mol. The SMILES string of the molecule is CN(c1ccc(-c2cc(C(N)=O)on2)cc1)C1CCNCC1. The molecule has 1 saturated heterocycles. The maximum Gasteiger partial charge on any atom is 0.287 e. The average Bonchev–Trinajstić information content (AvgIpc) is 3.05. The molecule has 0 radical (unpaired) electrons. The van der Waals surface area contributed by atoms with Crippen molar-refractivity contribution < 1.29 is 9.32 Å². The quantitative estimate of drug-likeness (QED) is 0.896. The lowest BCUT2D eigenvalue weighted by Gasteiger charge is -2.33. The molecule has 1 aliphatic rings. The van der Waals surface area contributed by atoms with Crippen LogP contribution in [-0.2, 0) is 0 Å². The molecule has 3 rings (SSSR count). The number of nitrogens with zero attached hydrogens (tertiary/aromatic N) is 2. The van der Waals surface area contributed by atoms with Crippen molar-refractivity contribution in [2.75, 3.05) is 25.0 Å². The van der Waals surface area contributed by atoms with Gasteiger partial charge in [0.25, 0.3) is 5.91 Å². The van der Waals surface area contributed by atoms with Gasteiger partial charge in [0.2, 0.25) is 5.76 Å². The Morgan fingerprint density at radius 2 is 2.00 bits per heavy atom. The number of primary amides is 1. The number of hydrogen-bond donors (Lipinski definition) is 2. The van der Waals surface area contributed by atoms with Crippen molar-refractivity contribution in [2.24, 2.45) is 5.73 Å². The molecule has 1 aliphatic heterocycles. The van der Waals surface area contributed by atoms with Gasteiger partial charge in [-0.05, 0) is 38.1 Å². The first-order chi connectivity index (χ1) is 10.6. The highest BCUT2D eigenvalue weighted by molar-refractivity contribution is 5.90. The van der Waals surface area contributed by atoms with E-state index in [1.54, 1.807) is 6.07 Å². The third kappa shape index (κ3) is 2.96. The lowest BCUT2D eigenvalue weighted by atomic mass is 10.0. The molecule has 6 nitrogen and oxygen atoms in total. The van der Waals surface area contributed by atoms with Crippen LogP contribution in [0.2, 0.25) is 0 Å². The largest absolute Gasteiger partial charge is 0.372 e. The highest BCUT2D eigenvalue weighted by Gasteiger charge is 2.18. The normalized spacial score (nSPS) is 15.7. The van der Waals surface area contributed by atoms with Crippen molar-refractivity contribution in [3.05, 3.63) is 36.1 Å². The van der Waals surface area contributed by atoms with Gasteiger partial charge in [0.05, 0.1) is 0 Å². The van der Waals surface area contributed by atoms with Crippen molar-refractivity contribution in [2.45, 2.75) is 18.9 Å². The Bertz CT molecular complexity index is 644.